The molecule has 2 aromatic rings. The van der Waals surface area contributed by atoms with Gasteiger partial charge >= 0.3 is 6.18 Å². The van der Waals surface area contributed by atoms with E-state index in [2.05, 4.69) is 0 Å². The number of hydrogen-bond donors (Lipinski definition) is 0. The minimum atomic E-state index is -4.49. The van der Waals surface area contributed by atoms with E-state index in [1.54, 1.807) is 0 Å². The molecule has 0 aliphatic rings. The lowest BCUT2D eigenvalue weighted by Gasteiger charge is -2.07. The van der Waals surface area contributed by atoms with Crippen LogP contribution >= 0.6 is 22.9 Å². The highest BCUT2D eigenvalue weighted by Crippen LogP contribution is 2.41. The Kier molecular flexibility index (Phi) is 2.39. The maximum Gasteiger partial charge on any atom is 0.417 e. The molecule has 0 amide bonds. The predicted molar refractivity (Wildman–Crippen MR) is 51.8 cm³/mol. The van der Waals surface area contributed by atoms with Gasteiger partial charge in [0, 0.05) is 10.8 Å². The van der Waals surface area contributed by atoms with Crippen molar-refractivity contribution in [3.63, 3.8) is 0 Å². The molecular weight excluding hydrogens is 252 g/mol. The summed E-state index contributed by atoms with van der Waals surface area (Å²) >= 11 is 6.39. The van der Waals surface area contributed by atoms with Gasteiger partial charge in [0.25, 0.3) is 0 Å². The number of benzene rings is 1. The van der Waals surface area contributed by atoms with Crippen LogP contribution in [0, 0.1) is 5.82 Å². The number of halogens is 5. The lowest BCUT2D eigenvalue weighted by molar-refractivity contribution is -0.136. The van der Waals surface area contributed by atoms with Crippen LogP contribution in [0.3, 0.4) is 0 Å². The summed E-state index contributed by atoms with van der Waals surface area (Å²) in [6.07, 6.45) is -4.49. The lowest BCUT2D eigenvalue weighted by Crippen LogP contribution is -2.05. The molecule has 0 saturated heterocycles. The van der Waals surface area contributed by atoms with E-state index >= 15 is 0 Å². The van der Waals surface area contributed by atoms with E-state index in [9.17, 15) is 17.6 Å². The molecule has 0 bridgehead atoms. The van der Waals surface area contributed by atoms with Crippen molar-refractivity contribution in [1.29, 1.82) is 0 Å². The zero-order valence-electron chi connectivity index (χ0n) is 7.03. The van der Waals surface area contributed by atoms with E-state index in [1.165, 1.54) is 5.38 Å². The maximum absolute atomic E-state index is 13.2. The number of thiophene rings is 1. The Morgan fingerprint density at radius 3 is 2.47 bits per heavy atom. The highest BCUT2D eigenvalue weighted by molar-refractivity contribution is 7.18. The Morgan fingerprint density at radius 2 is 1.87 bits per heavy atom. The molecule has 80 valence electrons. The van der Waals surface area contributed by atoms with E-state index < -0.39 is 17.6 Å². The third-order valence-corrected chi connectivity index (χ3v) is 3.37. The fourth-order valence-corrected chi connectivity index (χ4v) is 2.65. The summed E-state index contributed by atoms with van der Waals surface area (Å²) in [5.74, 6) is -0.732. The second-order valence-electron chi connectivity index (χ2n) is 2.88. The minimum Gasteiger partial charge on any atom is -0.206 e. The van der Waals surface area contributed by atoms with Crippen LogP contribution in [0.25, 0.3) is 10.1 Å². The summed E-state index contributed by atoms with van der Waals surface area (Å²) in [4.78, 5) is 0. The van der Waals surface area contributed by atoms with Gasteiger partial charge in [-0.05, 0) is 12.1 Å². The van der Waals surface area contributed by atoms with Crippen LogP contribution in [-0.4, -0.2) is 0 Å². The molecule has 0 aliphatic heterocycles. The van der Waals surface area contributed by atoms with E-state index in [4.69, 9.17) is 11.6 Å². The van der Waals surface area contributed by atoms with Crippen LogP contribution < -0.4 is 0 Å². The van der Waals surface area contributed by atoms with Crippen LogP contribution in [0.2, 0.25) is 5.02 Å². The van der Waals surface area contributed by atoms with E-state index in [-0.39, 0.29) is 15.1 Å². The monoisotopic (exact) mass is 254 g/mol. The molecule has 0 fully saturated rings. The Balaban J connectivity index is 2.85. The summed E-state index contributed by atoms with van der Waals surface area (Å²) in [6, 6.07) is 1.51. The summed E-state index contributed by atoms with van der Waals surface area (Å²) in [5, 5.41) is 1.15. The molecule has 0 nitrogen and oxygen atoms in total. The average Bonchev–Trinajstić information content (AvgIpc) is 2.47. The molecule has 0 radical (unpaired) electrons. The van der Waals surface area contributed by atoms with Crippen molar-refractivity contribution in [1.82, 2.24) is 0 Å². The third kappa shape index (κ3) is 1.70. The van der Waals surface area contributed by atoms with Crippen molar-refractivity contribution in [2.45, 2.75) is 6.18 Å². The van der Waals surface area contributed by atoms with Crippen LogP contribution in [0.5, 0.6) is 0 Å². The van der Waals surface area contributed by atoms with E-state index in [1.807, 2.05) is 0 Å². The lowest BCUT2D eigenvalue weighted by atomic mass is 10.1. The molecule has 2 rings (SSSR count). The zero-order valence-corrected chi connectivity index (χ0v) is 8.60. The molecule has 0 spiro atoms. The maximum atomic E-state index is 13.2. The van der Waals surface area contributed by atoms with Gasteiger partial charge in [0.1, 0.15) is 5.82 Å². The van der Waals surface area contributed by atoms with Gasteiger partial charge in [-0.1, -0.05) is 11.6 Å². The average molecular weight is 255 g/mol. The van der Waals surface area contributed by atoms with Crippen LogP contribution in [-0.2, 0) is 6.18 Å². The van der Waals surface area contributed by atoms with Gasteiger partial charge in [-0.25, -0.2) is 4.39 Å². The molecule has 0 N–H and O–H groups in total. The fraction of sp³-hybridized carbons (Fsp3) is 0.111. The Morgan fingerprint density at radius 1 is 1.20 bits per heavy atom. The number of fused-ring (bicyclic) bond motifs is 1. The number of hydrogen-bond acceptors (Lipinski definition) is 1. The second-order valence-corrected chi connectivity index (χ2v) is 4.17. The topological polar surface area (TPSA) is 0 Å². The molecule has 1 heterocycles. The van der Waals surface area contributed by atoms with Crippen LogP contribution in [0.15, 0.2) is 17.5 Å². The van der Waals surface area contributed by atoms with E-state index in [0.717, 1.165) is 23.5 Å². The molecule has 0 unspecified atom stereocenters. The molecule has 1 aromatic heterocycles. The molecule has 6 heteroatoms. The van der Waals surface area contributed by atoms with Crippen LogP contribution in [0.1, 0.15) is 5.56 Å². The van der Waals surface area contributed by atoms with Gasteiger partial charge in [-0.2, -0.15) is 13.2 Å². The first-order valence-corrected chi connectivity index (χ1v) is 5.09. The summed E-state index contributed by atoms with van der Waals surface area (Å²) in [7, 11) is 0. The Bertz CT molecular complexity index is 515. The summed E-state index contributed by atoms with van der Waals surface area (Å²) in [5.41, 5.74) is -0.851. The molecular formula is C9H3ClF4S. The largest absolute Gasteiger partial charge is 0.417 e. The summed E-state index contributed by atoms with van der Waals surface area (Å²) < 4.78 is 50.5. The first-order valence-electron chi connectivity index (χ1n) is 3.83. The molecule has 0 aliphatic carbocycles. The predicted octanol–water partition coefficient (Wildman–Crippen LogP) is 4.71. The van der Waals surface area contributed by atoms with Gasteiger partial charge in [0.2, 0.25) is 0 Å². The first-order chi connectivity index (χ1) is 6.91. The molecule has 0 atom stereocenters. The first kappa shape index (κ1) is 10.7. The summed E-state index contributed by atoms with van der Waals surface area (Å²) in [6.45, 7) is 0. The third-order valence-electron chi connectivity index (χ3n) is 1.93. The molecule has 1 aromatic carbocycles. The van der Waals surface area contributed by atoms with Crippen molar-refractivity contribution in [2.75, 3.05) is 0 Å². The van der Waals surface area contributed by atoms with Gasteiger partial charge in [-0.15, -0.1) is 11.3 Å². The smallest absolute Gasteiger partial charge is 0.206 e. The highest BCUT2D eigenvalue weighted by Gasteiger charge is 2.34. The second kappa shape index (κ2) is 3.35. The van der Waals surface area contributed by atoms with Crippen molar-refractivity contribution in [2.24, 2.45) is 0 Å². The zero-order chi connectivity index (χ0) is 11.2. The molecule has 15 heavy (non-hydrogen) atoms. The number of alkyl halides is 3. The van der Waals surface area contributed by atoms with Gasteiger partial charge in [0.15, 0.2) is 0 Å². The Labute approximate surface area is 91.1 Å². The quantitative estimate of drug-likeness (QED) is 0.597. The normalized spacial score (nSPS) is 12.3. The minimum absolute atomic E-state index is 0.0126. The SMILES string of the molecule is Fc1ccc(C(F)(F)F)c2scc(Cl)c12. The van der Waals surface area contributed by atoms with Gasteiger partial charge in [0.05, 0.1) is 15.3 Å². The fourth-order valence-electron chi connectivity index (χ4n) is 1.30. The van der Waals surface area contributed by atoms with Gasteiger partial charge in [-0.3, -0.25) is 0 Å². The van der Waals surface area contributed by atoms with Gasteiger partial charge < -0.3 is 0 Å². The highest BCUT2D eigenvalue weighted by atomic mass is 35.5. The number of rotatable bonds is 0. The van der Waals surface area contributed by atoms with Crippen molar-refractivity contribution in [3.8, 4) is 0 Å². The van der Waals surface area contributed by atoms with Crippen molar-refractivity contribution in [3.05, 3.63) is 33.9 Å². The van der Waals surface area contributed by atoms with Crippen molar-refractivity contribution < 1.29 is 17.6 Å². The molecule has 0 saturated carbocycles. The standard InChI is InChI=1S/C9H3ClF4S/c10-5-3-15-8-4(9(12,13)14)1-2-6(11)7(5)8/h1-3H. The Hall–Kier alpha value is -0.810. The van der Waals surface area contributed by atoms with Crippen LogP contribution in [0.4, 0.5) is 17.6 Å². The van der Waals surface area contributed by atoms with Crippen molar-refractivity contribution >= 4 is 33.0 Å². The van der Waals surface area contributed by atoms with E-state index in [0.29, 0.717) is 0 Å².